The Hall–Kier alpha value is -2.19. The SMILES string of the molecule is Cc1cnn(C)c1S(=O)(=O)N1Cc2ccccc2C[C@H]1CC(=O)O. The normalized spacial score (nSPS) is 18.3. The maximum absolute atomic E-state index is 13.2. The summed E-state index contributed by atoms with van der Waals surface area (Å²) in [5.74, 6) is -1.01. The monoisotopic (exact) mass is 349 g/mol. The molecule has 24 heavy (non-hydrogen) atoms. The van der Waals surface area contributed by atoms with Gasteiger partial charge in [-0.2, -0.15) is 9.40 Å². The Morgan fingerprint density at radius 3 is 2.58 bits per heavy atom. The Kier molecular flexibility index (Phi) is 4.18. The van der Waals surface area contributed by atoms with Gasteiger partial charge in [0, 0.05) is 25.2 Å². The minimum absolute atomic E-state index is 0.109. The van der Waals surface area contributed by atoms with Crippen molar-refractivity contribution < 1.29 is 18.3 Å². The number of carboxylic acids is 1. The highest BCUT2D eigenvalue weighted by Crippen LogP contribution is 2.31. The largest absolute Gasteiger partial charge is 0.481 e. The number of carboxylic acid groups (broad SMARTS) is 1. The quantitative estimate of drug-likeness (QED) is 0.899. The minimum Gasteiger partial charge on any atom is -0.481 e. The van der Waals surface area contributed by atoms with Crippen LogP contribution in [-0.2, 0) is 34.8 Å². The number of aryl methyl sites for hydroxylation is 2. The van der Waals surface area contributed by atoms with Crippen LogP contribution < -0.4 is 0 Å². The summed E-state index contributed by atoms with van der Waals surface area (Å²) in [6, 6.07) is 6.92. The fourth-order valence-electron chi connectivity index (χ4n) is 3.24. The van der Waals surface area contributed by atoms with Crippen LogP contribution in [0.1, 0.15) is 23.1 Å². The average Bonchev–Trinajstić information content (AvgIpc) is 2.85. The molecule has 3 rings (SSSR count). The van der Waals surface area contributed by atoms with Crippen molar-refractivity contribution in [2.45, 2.75) is 37.4 Å². The van der Waals surface area contributed by atoms with E-state index in [-0.39, 0.29) is 18.0 Å². The smallest absolute Gasteiger partial charge is 0.304 e. The molecule has 2 heterocycles. The van der Waals surface area contributed by atoms with Gasteiger partial charge < -0.3 is 5.11 Å². The van der Waals surface area contributed by atoms with Crippen LogP contribution in [0.15, 0.2) is 35.5 Å². The van der Waals surface area contributed by atoms with Gasteiger partial charge >= 0.3 is 5.97 Å². The van der Waals surface area contributed by atoms with Crippen LogP contribution in [0.2, 0.25) is 0 Å². The molecule has 0 aliphatic carbocycles. The first-order valence-corrected chi connectivity index (χ1v) is 9.03. The lowest BCUT2D eigenvalue weighted by Gasteiger charge is -2.35. The summed E-state index contributed by atoms with van der Waals surface area (Å²) in [6.45, 7) is 1.85. The topological polar surface area (TPSA) is 92.5 Å². The molecule has 1 aromatic heterocycles. The maximum atomic E-state index is 13.2. The van der Waals surface area contributed by atoms with Crippen molar-refractivity contribution >= 4 is 16.0 Å². The van der Waals surface area contributed by atoms with Gasteiger partial charge in [0.25, 0.3) is 10.0 Å². The van der Waals surface area contributed by atoms with Gasteiger partial charge in [0.2, 0.25) is 0 Å². The van der Waals surface area contributed by atoms with Crippen molar-refractivity contribution in [1.29, 1.82) is 0 Å². The minimum atomic E-state index is -3.85. The van der Waals surface area contributed by atoms with Crippen LogP contribution in [-0.4, -0.2) is 39.6 Å². The van der Waals surface area contributed by atoms with Crippen LogP contribution in [0.25, 0.3) is 0 Å². The highest BCUT2D eigenvalue weighted by molar-refractivity contribution is 7.89. The lowest BCUT2D eigenvalue weighted by atomic mass is 9.94. The summed E-state index contributed by atoms with van der Waals surface area (Å²) < 4.78 is 28.9. The Bertz CT molecular complexity index is 869. The third-order valence-electron chi connectivity index (χ3n) is 4.33. The number of sulfonamides is 1. The van der Waals surface area contributed by atoms with E-state index in [9.17, 15) is 18.3 Å². The van der Waals surface area contributed by atoms with Crippen LogP contribution in [0, 0.1) is 6.92 Å². The lowest BCUT2D eigenvalue weighted by Crippen LogP contribution is -2.45. The fraction of sp³-hybridized carbons (Fsp3) is 0.375. The van der Waals surface area contributed by atoms with Crippen molar-refractivity contribution in [2.75, 3.05) is 0 Å². The third kappa shape index (κ3) is 2.83. The number of aliphatic carboxylic acids is 1. The van der Waals surface area contributed by atoms with Crippen molar-refractivity contribution in [3.05, 3.63) is 47.2 Å². The predicted octanol–water partition coefficient (Wildman–Crippen LogP) is 1.32. The van der Waals surface area contributed by atoms with Gasteiger partial charge in [-0.25, -0.2) is 8.42 Å². The van der Waals surface area contributed by atoms with Gasteiger partial charge in [-0.15, -0.1) is 0 Å². The number of carbonyl (C=O) groups is 1. The Morgan fingerprint density at radius 1 is 1.33 bits per heavy atom. The van der Waals surface area contributed by atoms with E-state index >= 15 is 0 Å². The highest BCUT2D eigenvalue weighted by Gasteiger charge is 2.38. The molecule has 1 aliphatic heterocycles. The van der Waals surface area contributed by atoms with Crippen molar-refractivity contribution in [3.8, 4) is 0 Å². The second-order valence-corrected chi connectivity index (χ2v) is 7.84. The Morgan fingerprint density at radius 2 is 2.00 bits per heavy atom. The van der Waals surface area contributed by atoms with Crippen LogP contribution >= 0.6 is 0 Å². The molecule has 1 aromatic carbocycles. The lowest BCUT2D eigenvalue weighted by molar-refractivity contribution is -0.138. The van der Waals surface area contributed by atoms with E-state index in [1.807, 2.05) is 24.3 Å². The first-order valence-electron chi connectivity index (χ1n) is 7.59. The molecule has 1 N–H and O–H groups in total. The second-order valence-electron chi connectivity index (χ2n) is 6.03. The van der Waals surface area contributed by atoms with Gasteiger partial charge in [-0.3, -0.25) is 9.48 Å². The molecule has 2 aromatic rings. The maximum Gasteiger partial charge on any atom is 0.304 e. The van der Waals surface area contributed by atoms with Crippen molar-refractivity contribution in [3.63, 3.8) is 0 Å². The van der Waals surface area contributed by atoms with E-state index in [2.05, 4.69) is 5.10 Å². The average molecular weight is 349 g/mol. The molecule has 0 amide bonds. The molecule has 8 heteroatoms. The first kappa shape index (κ1) is 16.7. The molecule has 0 radical (unpaired) electrons. The van der Waals surface area contributed by atoms with E-state index in [0.29, 0.717) is 12.0 Å². The third-order valence-corrected chi connectivity index (χ3v) is 6.45. The number of aromatic nitrogens is 2. The highest BCUT2D eigenvalue weighted by atomic mass is 32.2. The summed E-state index contributed by atoms with van der Waals surface area (Å²) in [7, 11) is -2.27. The molecule has 0 unspecified atom stereocenters. The number of hydrogen-bond donors (Lipinski definition) is 1. The molecule has 0 fully saturated rings. The zero-order valence-electron chi connectivity index (χ0n) is 13.5. The summed E-state index contributed by atoms with van der Waals surface area (Å²) >= 11 is 0. The molecule has 128 valence electrons. The molecule has 0 saturated carbocycles. The summed E-state index contributed by atoms with van der Waals surface area (Å²) in [6.07, 6.45) is 1.65. The zero-order valence-corrected chi connectivity index (χ0v) is 14.3. The van der Waals surface area contributed by atoms with E-state index in [0.717, 1.165) is 11.1 Å². The molecule has 0 saturated heterocycles. The molecular formula is C16H19N3O4S. The predicted molar refractivity (Wildman–Crippen MR) is 86.9 cm³/mol. The fourth-order valence-corrected chi connectivity index (χ4v) is 5.15. The van der Waals surface area contributed by atoms with Crippen LogP contribution in [0.4, 0.5) is 0 Å². The van der Waals surface area contributed by atoms with Crippen LogP contribution in [0.3, 0.4) is 0 Å². The molecule has 0 spiro atoms. The summed E-state index contributed by atoms with van der Waals surface area (Å²) in [5, 5.41) is 13.3. The van der Waals surface area contributed by atoms with Crippen LogP contribution in [0.5, 0.6) is 0 Å². The standard InChI is InChI=1S/C16H19N3O4S/c1-11-9-17-18(2)16(11)24(22,23)19-10-13-6-4-3-5-12(13)7-14(19)8-15(20)21/h3-6,9,14H,7-8,10H2,1-2H3,(H,20,21)/t14-/m0/s1. The first-order chi connectivity index (χ1) is 11.3. The van der Waals surface area contributed by atoms with Gasteiger partial charge in [-0.1, -0.05) is 24.3 Å². The van der Waals surface area contributed by atoms with E-state index in [1.165, 1.54) is 15.2 Å². The van der Waals surface area contributed by atoms with E-state index in [1.54, 1.807) is 14.0 Å². The van der Waals surface area contributed by atoms with Crippen molar-refractivity contribution in [2.24, 2.45) is 7.05 Å². The zero-order chi connectivity index (χ0) is 17.5. The van der Waals surface area contributed by atoms with Crippen molar-refractivity contribution in [1.82, 2.24) is 14.1 Å². The number of nitrogens with zero attached hydrogens (tertiary/aromatic N) is 3. The molecule has 0 bridgehead atoms. The van der Waals surface area contributed by atoms with Gasteiger partial charge in [0.15, 0.2) is 5.03 Å². The Balaban J connectivity index is 2.08. The van der Waals surface area contributed by atoms with Gasteiger partial charge in [0.05, 0.1) is 12.6 Å². The molecule has 7 nitrogen and oxygen atoms in total. The summed E-state index contributed by atoms with van der Waals surface area (Å²) in [4.78, 5) is 11.2. The number of fused-ring (bicyclic) bond motifs is 1. The van der Waals surface area contributed by atoms with Gasteiger partial charge in [0.1, 0.15) is 0 Å². The van der Waals surface area contributed by atoms with Gasteiger partial charge in [-0.05, 0) is 24.5 Å². The van der Waals surface area contributed by atoms with E-state index in [4.69, 9.17) is 0 Å². The number of rotatable bonds is 4. The molecular weight excluding hydrogens is 330 g/mol. The number of hydrogen-bond acceptors (Lipinski definition) is 4. The second kappa shape index (κ2) is 6.03. The molecule has 1 atom stereocenters. The molecule has 1 aliphatic rings. The van der Waals surface area contributed by atoms with E-state index < -0.39 is 22.0 Å². The summed E-state index contributed by atoms with van der Waals surface area (Å²) in [5.41, 5.74) is 2.45. The Labute approximate surface area is 140 Å². The number of benzene rings is 1.